The summed E-state index contributed by atoms with van der Waals surface area (Å²) in [7, 11) is -0.581. The molecule has 2 bridgehead atoms. The summed E-state index contributed by atoms with van der Waals surface area (Å²) >= 11 is 0. The Kier molecular flexibility index (Phi) is 10.8. The van der Waals surface area contributed by atoms with Crippen LogP contribution in [-0.2, 0) is 36.5 Å². The number of benzene rings is 2. The van der Waals surface area contributed by atoms with Crippen LogP contribution in [0, 0.1) is 11.7 Å². The minimum absolute atomic E-state index is 0.163. The summed E-state index contributed by atoms with van der Waals surface area (Å²) in [5.41, 5.74) is 0.779. The fourth-order valence-corrected chi connectivity index (χ4v) is 4.95. The molecule has 2 aromatic rings. The van der Waals surface area contributed by atoms with Crippen LogP contribution in [0.1, 0.15) is 38.7 Å². The van der Waals surface area contributed by atoms with Crippen molar-refractivity contribution in [3.05, 3.63) is 59.9 Å². The first-order valence-electron chi connectivity index (χ1n) is 12.5. The summed E-state index contributed by atoms with van der Waals surface area (Å²) in [4.78, 5) is 39.3. The summed E-state index contributed by atoms with van der Waals surface area (Å²) in [5, 5.41) is 5.47. The average Bonchev–Trinajstić information content (AvgIpc) is 2.90. The molecular formula is C27H34FN3O6S. The molecule has 3 N–H and O–H groups in total. The maximum absolute atomic E-state index is 13.5. The van der Waals surface area contributed by atoms with Gasteiger partial charge in [-0.15, -0.1) is 0 Å². The Labute approximate surface area is 224 Å². The van der Waals surface area contributed by atoms with Gasteiger partial charge in [0.2, 0.25) is 11.8 Å². The maximum atomic E-state index is 13.5. The van der Waals surface area contributed by atoms with Gasteiger partial charge in [0.15, 0.2) is 0 Å². The molecule has 4 rings (SSSR count). The topological polar surface area (TPSA) is 123 Å². The molecule has 1 unspecified atom stereocenters. The molecule has 206 valence electrons. The molecule has 38 heavy (non-hydrogen) atoms. The van der Waals surface area contributed by atoms with Gasteiger partial charge < -0.3 is 20.1 Å². The predicted octanol–water partition coefficient (Wildman–Crippen LogP) is 2.41. The third-order valence-electron chi connectivity index (χ3n) is 6.16. The molecule has 4 atom stereocenters. The summed E-state index contributed by atoms with van der Waals surface area (Å²) < 4.78 is 39.8. The molecule has 9 nitrogen and oxygen atoms in total. The van der Waals surface area contributed by atoms with Gasteiger partial charge in [0, 0.05) is 0 Å². The highest BCUT2D eigenvalue weighted by atomic mass is 32.2. The lowest BCUT2D eigenvalue weighted by molar-refractivity contribution is -0.145. The number of esters is 1. The maximum Gasteiger partial charge on any atom is 0.328 e. The Hall–Kier alpha value is -3.31. The van der Waals surface area contributed by atoms with Crippen molar-refractivity contribution in [2.24, 2.45) is 5.92 Å². The fourth-order valence-electron chi connectivity index (χ4n) is 3.98. The van der Waals surface area contributed by atoms with Crippen molar-refractivity contribution >= 4 is 28.8 Å². The lowest BCUT2D eigenvalue weighted by Crippen LogP contribution is -2.57. The first-order valence-corrected chi connectivity index (χ1v) is 13.7. The molecule has 0 spiro atoms. The van der Waals surface area contributed by atoms with Gasteiger partial charge in [0.05, 0.1) is 18.6 Å². The highest BCUT2D eigenvalue weighted by Gasteiger charge is 2.32. The van der Waals surface area contributed by atoms with Crippen LogP contribution >= 0.6 is 0 Å². The minimum atomic E-state index is -1.83. The van der Waals surface area contributed by atoms with Gasteiger partial charge in [0.1, 0.15) is 40.7 Å². The van der Waals surface area contributed by atoms with Crippen molar-refractivity contribution in [1.29, 1.82) is 0 Å². The van der Waals surface area contributed by atoms with E-state index in [0.717, 1.165) is 5.56 Å². The average molecular weight is 548 g/mol. The van der Waals surface area contributed by atoms with Crippen molar-refractivity contribution in [2.75, 3.05) is 13.7 Å². The third-order valence-corrected chi connectivity index (χ3v) is 7.36. The summed E-state index contributed by atoms with van der Waals surface area (Å²) in [6.07, 6.45) is 1.78. The zero-order valence-electron chi connectivity index (χ0n) is 21.7. The monoisotopic (exact) mass is 547 g/mol. The Morgan fingerprint density at radius 3 is 2.37 bits per heavy atom. The molecule has 0 radical (unpaired) electrons. The number of nitrogens with one attached hydrogen (secondary N) is 3. The summed E-state index contributed by atoms with van der Waals surface area (Å²) in [5.74, 6) is -1.77. The Morgan fingerprint density at radius 1 is 1.05 bits per heavy atom. The number of amides is 2. The van der Waals surface area contributed by atoms with Crippen LogP contribution in [0.3, 0.4) is 0 Å². The van der Waals surface area contributed by atoms with Crippen LogP contribution in [0.25, 0.3) is 0 Å². The van der Waals surface area contributed by atoms with Gasteiger partial charge in [-0.2, -0.15) is 0 Å². The van der Waals surface area contributed by atoms with E-state index in [1.807, 2.05) is 12.1 Å². The molecule has 11 heteroatoms. The van der Waals surface area contributed by atoms with E-state index in [1.165, 1.54) is 31.4 Å². The van der Waals surface area contributed by atoms with Crippen LogP contribution in [0.4, 0.5) is 4.39 Å². The van der Waals surface area contributed by atoms with Gasteiger partial charge in [0.25, 0.3) is 0 Å². The van der Waals surface area contributed by atoms with Crippen molar-refractivity contribution in [2.45, 2.75) is 62.6 Å². The lowest BCUT2D eigenvalue weighted by atomic mass is 10.0. The second kappa shape index (κ2) is 14.0. The Balaban J connectivity index is 1.89. The smallest absolute Gasteiger partial charge is 0.328 e. The fraction of sp³-hybridized carbons (Fsp3) is 0.444. The quantitative estimate of drug-likeness (QED) is 0.494. The minimum Gasteiger partial charge on any atom is -0.494 e. The molecule has 2 aliphatic heterocycles. The van der Waals surface area contributed by atoms with E-state index in [9.17, 15) is 23.0 Å². The van der Waals surface area contributed by atoms with Crippen LogP contribution in [-0.4, -0.2) is 53.8 Å². The molecule has 2 aliphatic rings. The molecule has 0 saturated heterocycles. The highest BCUT2D eigenvalue weighted by molar-refractivity contribution is 7.83. The first-order chi connectivity index (χ1) is 18.2. The van der Waals surface area contributed by atoms with E-state index < -0.39 is 52.7 Å². The van der Waals surface area contributed by atoms with Gasteiger partial charge in [-0.3, -0.25) is 9.59 Å². The van der Waals surface area contributed by atoms with Crippen LogP contribution in [0.2, 0.25) is 0 Å². The predicted molar refractivity (Wildman–Crippen MR) is 140 cm³/mol. The van der Waals surface area contributed by atoms with Crippen molar-refractivity contribution in [1.82, 2.24) is 15.4 Å². The van der Waals surface area contributed by atoms with E-state index in [4.69, 9.17) is 9.47 Å². The van der Waals surface area contributed by atoms with Gasteiger partial charge in [-0.1, -0.05) is 26.0 Å². The highest BCUT2D eigenvalue weighted by Crippen LogP contribution is 2.17. The van der Waals surface area contributed by atoms with Crippen LogP contribution in [0.15, 0.2) is 53.4 Å². The molecular weight excluding hydrogens is 513 g/mol. The Bertz CT molecular complexity index is 1130. The normalized spacial score (nSPS) is 22.1. The van der Waals surface area contributed by atoms with Crippen molar-refractivity contribution in [3.8, 4) is 5.75 Å². The number of fused-ring (bicyclic) bond motifs is 14. The third kappa shape index (κ3) is 8.35. The van der Waals surface area contributed by atoms with E-state index in [2.05, 4.69) is 15.4 Å². The number of carbonyl (C=O) groups excluding carboxylic acids is 3. The molecule has 2 heterocycles. The zero-order valence-corrected chi connectivity index (χ0v) is 22.5. The molecule has 0 fully saturated rings. The number of rotatable bonds is 5. The lowest BCUT2D eigenvalue weighted by Gasteiger charge is -2.27. The van der Waals surface area contributed by atoms with Crippen molar-refractivity contribution < 1.29 is 32.5 Å². The standard InChI is InChI=1S/C27H34FN3O6S/c1-17(2)24-26(33)29-22(27(34)36-3)6-4-5-15-37-20-11-7-18(8-12-20)16-23(25(32)30-24)31-38(35)21-13-9-19(28)10-14-21/h7-14,17,22-24,31H,4-6,15-16H2,1-3H3,(H,29,33)(H,30,32)/t22-,23-,24-,38?/m0/s1. The first kappa shape index (κ1) is 29.2. The van der Waals surface area contributed by atoms with E-state index in [1.54, 1.807) is 26.0 Å². The molecule has 2 aromatic carbocycles. The van der Waals surface area contributed by atoms with E-state index >= 15 is 0 Å². The number of hydrogen-bond donors (Lipinski definition) is 3. The van der Waals surface area contributed by atoms with Gasteiger partial charge >= 0.3 is 5.97 Å². The van der Waals surface area contributed by atoms with Crippen molar-refractivity contribution in [3.63, 3.8) is 0 Å². The summed E-state index contributed by atoms with van der Waals surface area (Å²) in [6, 6.07) is 9.51. The largest absolute Gasteiger partial charge is 0.494 e. The number of carbonyl (C=O) groups is 3. The SMILES string of the molecule is COC(=O)[C@@H]1CCCCOc2ccc(cc2)C[C@H](NS(=O)c2ccc(F)cc2)C(=O)N[C@@H](C(C)C)C(=O)N1. The molecule has 0 aromatic heterocycles. The van der Waals surface area contributed by atoms with Gasteiger partial charge in [-0.25, -0.2) is 18.1 Å². The molecule has 0 aliphatic carbocycles. The van der Waals surface area contributed by atoms with Crippen LogP contribution < -0.4 is 20.1 Å². The number of ether oxygens (including phenoxy) is 2. The second-order valence-corrected chi connectivity index (χ2v) is 10.6. The number of halogens is 1. The van der Waals surface area contributed by atoms with Crippen LogP contribution in [0.5, 0.6) is 5.75 Å². The zero-order chi connectivity index (χ0) is 27.7. The second-order valence-electron chi connectivity index (χ2n) is 9.40. The van der Waals surface area contributed by atoms with Gasteiger partial charge in [-0.05, 0) is 73.6 Å². The molecule has 0 saturated carbocycles. The summed E-state index contributed by atoms with van der Waals surface area (Å²) in [6.45, 7) is 3.97. The number of methoxy groups -OCH3 is 1. The van der Waals surface area contributed by atoms with E-state index in [0.29, 0.717) is 36.5 Å². The van der Waals surface area contributed by atoms with E-state index in [-0.39, 0.29) is 12.3 Å². The Morgan fingerprint density at radius 2 is 1.74 bits per heavy atom. The number of hydrogen-bond acceptors (Lipinski definition) is 6. The molecule has 2 amide bonds.